The molecule has 2 aromatic carbocycles. The van der Waals surface area contributed by atoms with E-state index >= 15 is 0 Å². The van der Waals surface area contributed by atoms with Crippen molar-refractivity contribution in [3.8, 4) is 6.07 Å². The van der Waals surface area contributed by atoms with E-state index in [2.05, 4.69) is 23.3 Å². The Kier molecular flexibility index (Phi) is 8.74. The van der Waals surface area contributed by atoms with Crippen LogP contribution in [0.25, 0.3) is 0 Å². The number of nitrogens with one attached hydrogen (secondary N) is 2. The van der Waals surface area contributed by atoms with E-state index < -0.39 is 17.7 Å². The van der Waals surface area contributed by atoms with Crippen molar-refractivity contribution in [1.82, 2.24) is 5.32 Å². The largest absolute Gasteiger partial charge is 0.458 e. The number of amides is 1. The molecular weight excluding hydrogens is 489 g/mol. The third kappa shape index (κ3) is 5.94. The summed E-state index contributed by atoms with van der Waals surface area (Å²) >= 11 is 7.20. The molecule has 0 saturated carbocycles. The predicted octanol–water partition coefficient (Wildman–Crippen LogP) is 5.58. The van der Waals surface area contributed by atoms with Crippen LogP contribution < -0.4 is 10.6 Å². The SMILES string of the molecule is C=CCOC(=O)C1=C(C)NC(SCC(=O)Nc2cccc(Cl)c2C)=C(C#N)[C@@H]1c1ccccc1F. The third-order valence-electron chi connectivity index (χ3n) is 5.31. The molecule has 1 aliphatic heterocycles. The minimum Gasteiger partial charge on any atom is -0.458 e. The Morgan fingerprint density at radius 2 is 2.03 bits per heavy atom. The lowest BCUT2D eigenvalue weighted by molar-refractivity contribution is -0.138. The molecule has 0 spiro atoms. The molecule has 1 aliphatic rings. The summed E-state index contributed by atoms with van der Waals surface area (Å²) in [4.78, 5) is 25.5. The first-order chi connectivity index (χ1) is 16.8. The fourth-order valence-corrected chi connectivity index (χ4v) is 4.66. The Morgan fingerprint density at radius 1 is 1.29 bits per heavy atom. The van der Waals surface area contributed by atoms with Crippen LogP contribution in [0.3, 0.4) is 0 Å². The molecule has 35 heavy (non-hydrogen) atoms. The number of thioether (sulfide) groups is 1. The zero-order chi connectivity index (χ0) is 25.5. The predicted molar refractivity (Wildman–Crippen MR) is 136 cm³/mol. The van der Waals surface area contributed by atoms with Crippen molar-refractivity contribution in [2.45, 2.75) is 19.8 Å². The van der Waals surface area contributed by atoms with Crippen LogP contribution in [0, 0.1) is 24.1 Å². The molecule has 0 aromatic heterocycles. The molecule has 6 nitrogen and oxygen atoms in total. The second kappa shape index (κ2) is 11.7. The minimum atomic E-state index is -1.000. The summed E-state index contributed by atoms with van der Waals surface area (Å²) in [5, 5.41) is 16.7. The summed E-state index contributed by atoms with van der Waals surface area (Å²) in [6.07, 6.45) is 1.42. The molecule has 1 heterocycles. The number of carbonyl (C=O) groups excluding carboxylic acids is 2. The second-order valence-corrected chi connectivity index (χ2v) is 9.00. The lowest BCUT2D eigenvalue weighted by Crippen LogP contribution is -2.30. The van der Waals surface area contributed by atoms with E-state index in [1.54, 1.807) is 38.1 Å². The zero-order valence-electron chi connectivity index (χ0n) is 19.2. The van der Waals surface area contributed by atoms with Gasteiger partial charge in [-0.25, -0.2) is 9.18 Å². The number of halogens is 2. The number of nitriles is 1. The van der Waals surface area contributed by atoms with E-state index in [1.807, 2.05) is 0 Å². The number of carbonyl (C=O) groups is 2. The van der Waals surface area contributed by atoms with Crippen LogP contribution in [-0.2, 0) is 14.3 Å². The van der Waals surface area contributed by atoms with Crippen LogP contribution in [0.2, 0.25) is 5.02 Å². The molecule has 2 N–H and O–H groups in total. The van der Waals surface area contributed by atoms with Gasteiger partial charge in [-0.2, -0.15) is 5.26 Å². The maximum atomic E-state index is 14.8. The van der Waals surface area contributed by atoms with Gasteiger partial charge in [0.25, 0.3) is 0 Å². The van der Waals surface area contributed by atoms with Crippen LogP contribution in [0.5, 0.6) is 0 Å². The molecule has 0 radical (unpaired) electrons. The average molecular weight is 512 g/mol. The Bertz CT molecular complexity index is 1280. The van der Waals surface area contributed by atoms with Crippen molar-refractivity contribution < 1.29 is 18.7 Å². The molecule has 0 saturated heterocycles. The first kappa shape index (κ1) is 26.1. The van der Waals surface area contributed by atoms with Gasteiger partial charge in [-0.15, -0.1) is 0 Å². The fourth-order valence-electron chi connectivity index (χ4n) is 3.60. The van der Waals surface area contributed by atoms with Gasteiger partial charge >= 0.3 is 5.97 Å². The number of nitrogens with zero attached hydrogens (tertiary/aromatic N) is 1. The first-order valence-corrected chi connectivity index (χ1v) is 12.0. The molecule has 0 unspecified atom stereocenters. The molecule has 180 valence electrons. The van der Waals surface area contributed by atoms with E-state index in [0.717, 1.165) is 17.3 Å². The summed E-state index contributed by atoms with van der Waals surface area (Å²) in [5.74, 6) is -2.60. The summed E-state index contributed by atoms with van der Waals surface area (Å²) in [7, 11) is 0. The number of rotatable bonds is 8. The van der Waals surface area contributed by atoms with Gasteiger partial charge in [-0.05, 0) is 37.6 Å². The maximum Gasteiger partial charge on any atom is 0.337 e. The Balaban J connectivity index is 1.92. The third-order valence-corrected chi connectivity index (χ3v) is 6.73. The quantitative estimate of drug-likeness (QED) is 0.355. The van der Waals surface area contributed by atoms with Crippen molar-refractivity contribution in [1.29, 1.82) is 5.26 Å². The molecule has 1 amide bonds. The number of allylic oxidation sites excluding steroid dienone is 2. The van der Waals surface area contributed by atoms with Gasteiger partial charge in [0, 0.05) is 22.0 Å². The molecule has 0 bridgehead atoms. The van der Waals surface area contributed by atoms with Gasteiger partial charge in [0.2, 0.25) is 5.91 Å². The van der Waals surface area contributed by atoms with Crippen molar-refractivity contribution in [3.63, 3.8) is 0 Å². The van der Waals surface area contributed by atoms with Gasteiger partial charge < -0.3 is 15.4 Å². The van der Waals surface area contributed by atoms with Crippen molar-refractivity contribution in [2.24, 2.45) is 0 Å². The highest BCUT2D eigenvalue weighted by Crippen LogP contribution is 2.41. The molecule has 0 fully saturated rings. The second-order valence-electron chi connectivity index (χ2n) is 7.61. The monoisotopic (exact) mass is 511 g/mol. The van der Waals surface area contributed by atoms with E-state index in [4.69, 9.17) is 16.3 Å². The van der Waals surface area contributed by atoms with Gasteiger partial charge in [0.05, 0.1) is 33.9 Å². The highest BCUT2D eigenvalue weighted by atomic mass is 35.5. The molecule has 9 heteroatoms. The fraction of sp³-hybridized carbons (Fsp3) is 0.192. The van der Waals surface area contributed by atoms with Gasteiger partial charge in [-0.1, -0.05) is 60.3 Å². The molecule has 3 rings (SSSR count). The first-order valence-electron chi connectivity index (χ1n) is 10.6. The number of hydrogen-bond acceptors (Lipinski definition) is 6. The minimum absolute atomic E-state index is 0.0318. The maximum absolute atomic E-state index is 14.8. The summed E-state index contributed by atoms with van der Waals surface area (Å²) in [6, 6.07) is 13.2. The van der Waals surface area contributed by atoms with Crippen LogP contribution in [0.15, 0.2) is 77.0 Å². The van der Waals surface area contributed by atoms with Crippen LogP contribution >= 0.6 is 23.4 Å². The lowest BCUT2D eigenvalue weighted by Gasteiger charge is -2.29. The number of ether oxygens (including phenoxy) is 1. The van der Waals surface area contributed by atoms with Crippen molar-refractivity contribution >= 4 is 40.9 Å². The number of anilines is 1. The van der Waals surface area contributed by atoms with Gasteiger partial charge in [-0.3, -0.25) is 4.79 Å². The summed E-state index contributed by atoms with van der Waals surface area (Å²) in [5.41, 5.74) is 2.12. The summed E-state index contributed by atoms with van der Waals surface area (Å²) < 4.78 is 20.0. The number of benzene rings is 2. The van der Waals surface area contributed by atoms with Crippen LogP contribution in [0.1, 0.15) is 24.0 Å². The highest BCUT2D eigenvalue weighted by molar-refractivity contribution is 8.03. The highest BCUT2D eigenvalue weighted by Gasteiger charge is 2.37. The summed E-state index contributed by atoms with van der Waals surface area (Å²) in [6.45, 7) is 6.94. The average Bonchev–Trinajstić information content (AvgIpc) is 2.84. The number of esters is 1. The Hall–Kier alpha value is -3.54. The van der Waals surface area contributed by atoms with E-state index in [9.17, 15) is 19.2 Å². The molecule has 1 atom stereocenters. The Morgan fingerprint density at radius 3 is 2.71 bits per heavy atom. The zero-order valence-corrected chi connectivity index (χ0v) is 20.7. The number of dihydropyridines is 1. The number of hydrogen-bond donors (Lipinski definition) is 2. The molecule has 0 aliphatic carbocycles. The topological polar surface area (TPSA) is 91.2 Å². The smallest absolute Gasteiger partial charge is 0.337 e. The molecule has 2 aromatic rings. The van der Waals surface area contributed by atoms with Gasteiger partial charge in [0.15, 0.2) is 0 Å². The Labute approximate surface area is 212 Å². The normalized spacial score (nSPS) is 15.2. The molecular formula is C26H23ClFN3O3S. The van der Waals surface area contributed by atoms with Crippen LogP contribution in [-0.4, -0.2) is 24.2 Å². The lowest BCUT2D eigenvalue weighted by atomic mass is 9.82. The van der Waals surface area contributed by atoms with Crippen molar-refractivity contribution in [2.75, 3.05) is 17.7 Å². The van der Waals surface area contributed by atoms with E-state index in [-0.39, 0.29) is 35.0 Å². The van der Waals surface area contributed by atoms with Crippen LogP contribution in [0.4, 0.5) is 10.1 Å². The standard InChI is InChI=1S/C26H23ClFN3O3S/c1-4-12-34-26(33)23-16(3)30-25(18(13-29)24(23)17-8-5-6-10-20(17)28)35-14-22(32)31-21-11-7-9-19(27)15(21)2/h4-11,24,30H,1,12,14H2,2-3H3,(H,31,32)/t24-/m0/s1. The van der Waals surface area contributed by atoms with E-state index in [0.29, 0.717) is 21.4 Å². The van der Waals surface area contributed by atoms with Gasteiger partial charge in [0.1, 0.15) is 12.4 Å². The van der Waals surface area contributed by atoms with Crippen molar-refractivity contribution in [3.05, 3.63) is 99.0 Å². The van der Waals surface area contributed by atoms with E-state index in [1.165, 1.54) is 24.3 Å².